The molecule has 2 aromatic rings. The Balaban J connectivity index is 2.10. The summed E-state index contributed by atoms with van der Waals surface area (Å²) in [5.41, 5.74) is 9.46. The Labute approximate surface area is 164 Å². The van der Waals surface area contributed by atoms with E-state index < -0.39 is 5.91 Å². The molecule has 0 saturated heterocycles. The molecule has 0 bridgehead atoms. The van der Waals surface area contributed by atoms with Crippen molar-refractivity contribution < 1.29 is 9.59 Å². The summed E-state index contributed by atoms with van der Waals surface area (Å²) in [6.07, 6.45) is 0.846. The minimum Gasteiger partial charge on any atom is -0.367 e. The fourth-order valence-electron chi connectivity index (χ4n) is 3.34. The predicted octanol–water partition coefficient (Wildman–Crippen LogP) is 4.09. The number of primary amides is 1. The lowest BCUT2D eigenvalue weighted by atomic mass is 9.83. The number of likely N-dealkylation sites (N-methyl/N-ethyl adjacent to an activating group) is 1. The number of amides is 1. The highest BCUT2D eigenvalue weighted by molar-refractivity contribution is 6.00. The lowest BCUT2D eigenvalue weighted by Gasteiger charge is -2.44. The van der Waals surface area contributed by atoms with Crippen LogP contribution in [0.1, 0.15) is 42.3 Å². The molecule has 28 heavy (non-hydrogen) atoms. The summed E-state index contributed by atoms with van der Waals surface area (Å²) >= 11 is 0. The summed E-state index contributed by atoms with van der Waals surface area (Å²) in [6, 6.07) is 14.7. The van der Waals surface area contributed by atoms with Crippen molar-refractivity contribution in [1.82, 2.24) is 4.90 Å². The lowest BCUT2D eigenvalue weighted by Crippen LogP contribution is -2.46. The van der Waals surface area contributed by atoms with Crippen molar-refractivity contribution in [2.75, 3.05) is 7.05 Å². The van der Waals surface area contributed by atoms with Gasteiger partial charge in [-0.05, 0) is 57.0 Å². The number of ketones is 1. The molecule has 0 radical (unpaired) electrons. The summed E-state index contributed by atoms with van der Waals surface area (Å²) in [4.78, 5) is 25.7. The molecule has 0 spiro atoms. The van der Waals surface area contributed by atoms with Gasteiger partial charge in [0.05, 0.1) is 11.4 Å². The van der Waals surface area contributed by atoms with Crippen LogP contribution < -0.4 is 5.73 Å². The molecule has 1 aliphatic rings. The highest BCUT2D eigenvalue weighted by atomic mass is 16.1. The quantitative estimate of drug-likeness (QED) is 0.495. The second-order valence-corrected chi connectivity index (χ2v) is 7.57. The first kappa shape index (κ1) is 19.5. The molecule has 1 heterocycles. The lowest BCUT2D eigenvalue weighted by molar-refractivity contribution is -0.114. The molecule has 0 fully saturated rings. The smallest absolute Gasteiger partial charge is 0.271 e. The van der Waals surface area contributed by atoms with Gasteiger partial charge in [-0.15, -0.1) is 5.11 Å². The number of hydrogen-bond donors (Lipinski definition) is 1. The Kier molecular flexibility index (Phi) is 5.14. The first-order valence-corrected chi connectivity index (χ1v) is 9.09. The Morgan fingerprint density at radius 2 is 1.71 bits per heavy atom. The number of carbonyl (C=O) groups excluding carboxylic acids is 2. The molecule has 0 atom stereocenters. The van der Waals surface area contributed by atoms with E-state index >= 15 is 0 Å². The van der Waals surface area contributed by atoms with Crippen LogP contribution in [0.5, 0.6) is 0 Å². The number of fused-ring (bicyclic) bond motifs is 1. The average Bonchev–Trinajstić information content (AvgIpc) is 2.64. The summed E-state index contributed by atoms with van der Waals surface area (Å²) in [7, 11) is 1.94. The number of hydrogen-bond acceptors (Lipinski definition) is 5. The van der Waals surface area contributed by atoms with Crippen molar-refractivity contribution >= 4 is 23.1 Å². The number of carbonyl (C=O) groups is 2. The Hall–Kier alpha value is -3.28. The zero-order chi connectivity index (χ0) is 20.5. The average molecular weight is 376 g/mol. The van der Waals surface area contributed by atoms with E-state index in [9.17, 15) is 9.59 Å². The second kappa shape index (κ2) is 7.38. The van der Waals surface area contributed by atoms with Crippen LogP contribution in [-0.2, 0) is 11.2 Å². The van der Waals surface area contributed by atoms with Gasteiger partial charge in [0, 0.05) is 23.7 Å². The molecular formula is C22H24N4O2. The molecule has 3 rings (SSSR count). The fraction of sp³-hybridized carbons (Fsp3) is 0.273. The summed E-state index contributed by atoms with van der Waals surface area (Å²) in [5.74, 6) is -0.662. The minimum atomic E-state index is -0.640. The molecule has 0 aliphatic carbocycles. The maximum Gasteiger partial charge on any atom is 0.271 e. The molecule has 2 N–H and O–H groups in total. The maximum atomic E-state index is 12.3. The van der Waals surface area contributed by atoms with Gasteiger partial charge in [-0.1, -0.05) is 24.3 Å². The Bertz CT molecular complexity index is 988. The van der Waals surface area contributed by atoms with Gasteiger partial charge in [0.2, 0.25) is 0 Å². The molecule has 144 valence electrons. The summed E-state index contributed by atoms with van der Waals surface area (Å²) in [5, 5.41) is 8.40. The van der Waals surface area contributed by atoms with Crippen LogP contribution >= 0.6 is 0 Å². The minimum absolute atomic E-state index is 0.0221. The van der Waals surface area contributed by atoms with E-state index in [2.05, 4.69) is 30.1 Å². The normalized spacial score (nSPS) is 17.4. The SMILES string of the molecule is CC(=O)c1ccc(/N=N/C(C(N)=O)=C2\c3ccccc3CC(C)(C)N2C)cc1. The third kappa shape index (κ3) is 3.71. The first-order chi connectivity index (χ1) is 13.2. The number of rotatable bonds is 4. The van der Waals surface area contributed by atoms with E-state index in [1.54, 1.807) is 24.3 Å². The topological polar surface area (TPSA) is 88.1 Å². The van der Waals surface area contributed by atoms with E-state index in [0.717, 1.165) is 17.5 Å². The number of nitrogens with zero attached hydrogens (tertiary/aromatic N) is 3. The molecule has 6 nitrogen and oxygen atoms in total. The van der Waals surface area contributed by atoms with Gasteiger partial charge in [-0.3, -0.25) is 9.59 Å². The molecule has 0 saturated carbocycles. The molecule has 2 aromatic carbocycles. The summed E-state index contributed by atoms with van der Waals surface area (Å²) < 4.78 is 0. The second-order valence-electron chi connectivity index (χ2n) is 7.57. The van der Waals surface area contributed by atoms with Crippen molar-refractivity contribution in [3.8, 4) is 0 Å². The third-order valence-electron chi connectivity index (χ3n) is 5.14. The van der Waals surface area contributed by atoms with Crippen molar-refractivity contribution in [3.05, 3.63) is 70.9 Å². The molecule has 6 heteroatoms. The Morgan fingerprint density at radius 1 is 1.07 bits per heavy atom. The fourth-order valence-corrected chi connectivity index (χ4v) is 3.34. The zero-order valence-corrected chi connectivity index (χ0v) is 16.6. The number of benzene rings is 2. The highest BCUT2D eigenvalue weighted by Crippen LogP contribution is 2.38. The van der Waals surface area contributed by atoms with Gasteiger partial charge in [0.15, 0.2) is 11.5 Å². The van der Waals surface area contributed by atoms with Crippen molar-refractivity contribution in [1.29, 1.82) is 0 Å². The number of nitrogens with two attached hydrogens (primary N) is 1. The van der Waals surface area contributed by atoms with Crippen LogP contribution in [0.3, 0.4) is 0 Å². The van der Waals surface area contributed by atoms with Crippen LogP contribution in [0.4, 0.5) is 5.69 Å². The first-order valence-electron chi connectivity index (χ1n) is 9.09. The van der Waals surface area contributed by atoms with Crippen molar-refractivity contribution in [2.24, 2.45) is 16.0 Å². The standard InChI is InChI=1S/C22H24N4O2/c1-14(27)15-9-11-17(12-10-15)24-25-19(21(23)28)20-18-8-6-5-7-16(18)13-22(2,3)26(20)4/h5-12H,13H2,1-4H3,(H2,23,28)/b20-19+,25-24+. The van der Waals surface area contributed by atoms with E-state index in [1.165, 1.54) is 6.92 Å². The monoisotopic (exact) mass is 376 g/mol. The van der Waals surface area contributed by atoms with Crippen LogP contribution in [-0.4, -0.2) is 29.2 Å². The van der Waals surface area contributed by atoms with E-state index in [4.69, 9.17) is 5.73 Å². The van der Waals surface area contributed by atoms with Crippen LogP contribution in [0.25, 0.3) is 5.70 Å². The van der Waals surface area contributed by atoms with Gasteiger partial charge in [-0.2, -0.15) is 5.11 Å². The van der Waals surface area contributed by atoms with E-state index in [0.29, 0.717) is 16.9 Å². The molecule has 1 aliphatic heterocycles. The predicted molar refractivity (Wildman–Crippen MR) is 109 cm³/mol. The van der Waals surface area contributed by atoms with E-state index in [1.807, 2.05) is 30.1 Å². The molecule has 0 unspecified atom stereocenters. The van der Waals surface area contributed by atoms with Gasteiger partial charge in [0.25, 0.3) is 5.91 Å². The van der Waals surface area contributed by atoms with Crippen LogP contribution in [0.2, 0.25) is 0 Å². The highest BCUT2D eigenvalue weighted by Gasteiger charge is 2.35. The van der Waals surface area contributed by atoms with Crippen LogP contribution in [0, 0.1) is 0 Å². The zero-order valence-electron chi connectivity index (χ0n) is 16.6. The molecule has 1 amide bonds. The molecule has 0 aromatic heterocycles. The number of Topliss-reactive ketones (excluding diaryl/α,β-unsaturated/α-hetero) is 1. The van der Waals surface area contributed by atoms with Gasteiger partial charge >= 0.3 is 0 Å². The maximum absolute atomic E-state index is 12.3. The van der Waals surface area contributed by atoms with Gasteiger partial charge in [0.1, 0.15) is 0 Å². The van der Waals surface area contributed by atoms with Gasteiger partial charge < -0.3 is 10.6 Å². The largest absolute Gasteiger partial charge is 0.367 e. The van der Waals surface area contributed by atoms with Crippen molar-refractivity contribution in [2.45, 2.75) is 32.7 Å². The van der Waals surface area contributed by atoms with Crippen molar-refractivity contribution in [3.63, 3.8) is 0 Å². The third-order valence-corrected chi connectivity index (χ3v) is 5.14. The summed E-state index contributed by atoms with van der Waals surface area (Å²) in [6.45, 7) is 5.72. The number of azo groups is 1. The van der Waals surface area contributed by atoms with E-state index in [-0.39, 0.29) is 17.0 Å². The van der Waals surface area contributed by atoms with Gasteiger partial charge in [-0.25, -0.2) is 0 Å². The van der Waals surface area contributed by atoms with Crippen LogP contribution in [0.15, 0.2) is 64.5 Å². The molecular weight excluding hydrogens is 352 g/mol. The Morgan fingerprint density at radius 3 is 2.32 bits per heavy atom.